The third-order valence-corrected chi connectivity index (χ3v) is 4.63. The van der Waals surface area contributed by atoms with E-state index in [4.69, 9.17) is 9.47 Å². The summed E-state index contributed by atoms with van der Waals surface area (Å²) in [5, 5.41) is 0. The summed E-state index contributed by atoms with van der Waals surface area (Å²) in [5.41, 5.74) is 0.453. The minimum absolute atomic E-state index is 0.0179. The van der Waals surface area contributed by atoms with E-state index >= 15 is 0 Å². The number of anilines is 1. The molecule has 0 aliphatic carbocycles. The maximum absolute atomic E-state index is 12.5. The molecule has 0 aromatic heterocycles. The van der Waals surface area contributed by atoms with Crippen molar-refractivity contribution in [1.29, 1.82) is 0 Å². The summed E-state index contributed by atoms with van der Waals surface area (Å²) in [6.07, 6.45) is 0. The van der Waals surface area contributed by atoms with Crippen LogP contribution in [-0.2, 0) is 10.0 Å². The van der Waals surface area contributed by atoms with Gasteiger partial charge in [0.2, 0.25) is 0 Å². The van der Waals surface area contributed by atoms with Gasteiger partial charge in [0, 0.05) is 16.2 Å². The number of hydrogen-bond acceptors (Lipinski definition) is 4. The molecule has 0 spiro atoms. The Morgan fingerprint density at radius 2 is 1.81 bits per heavy atom. The minimum Gasteiger partial charge on any atom is -0.497 e. The summed E-state index contributed by atoms with van der Waals surface area (Å²) in [6.45, 7) is 0. The van der Waals surface area contributed by atoms with E-state index in [-0.39, 0.29) is 10.6 Å². The molecule has 0 fully saturated rings. The van der Waals surface area contributed by atoms with E-state index < -0.39 is 10.0 Å². The smallest absolute Gasteiger partial charge is 0.265 e. The van der Waals surface area contributed by atoms with Crippen LogP contribution < -0.4 is 14.2 Å². The number of sulfonamides is 1. The first kappa shape index (κ1) is 15.7. The first-order valence-electron chi connectivity index (χ1n) is 5.96. The maximum atomic E-state index is 12.5. The summed E-state index contributed by atoms with van der Waals surface area (Å²) in [6, 6.07) is 11.5. The Morgan fingerprint density at radius 3 is 2.43 bits per heavy atom. The average molecular weight is 372 g/mol. The van der Waals surface area contributed by atoms with Crippen LogP contribution in [0, 0.1) is 0 Å². The minimum atomic E-state index is -3.78. The average Bonchev–Trinajstić information content (AvgIpc) is 2.46. The van der Waals surface area contributed by atoms with Crippen molar-refractivity contribution in [2.75, 3.05) is 18.9 Å². The molecule has 0 bridgehead atoms. The highest BCUT2D eigenvalue weighted by Gasteiger charge is 2.20. The third-order valence-electron chi connectivity index (χ3n) is 2.74. The molecule has 2 rings (SSSR count). The second-order valence-electron chi connectivity index (χ2n) is 4.13. The van der Waals surface area contributed by atoms with Crippen LogP contribution in [0.4, 0.5) is 5.69 Å². The lowest BCUT2D eigenvalue weighted by Gasteiger charge is -2.13. The van der Waals surface area contributed by atoms with Gasteiger partial charge in [-0.25, -0.2) is 8.42 Å². The van der Waals surface area contributed by atoms with Crippen molar-refractivity contribution in [2.24, 2.45) is 0 Å². The van der Waals surface area contributed by atoms with Gasteiger partial charge in [-0.1, -0.05) is 22.0 Å². The van der Waals surface area contributed by atoms with E-state index in [1.165, 1.54) is 20.3 Å². The van der Waals surface area contributed by atoms with Crippen LogP contribution in [-0.4, -0.2) is 22.6 Å². The zero-order valence-electron chi connectivity index (χ0n) is 11.5. The van der Waals surface area contributed by atoms with Gasteiger partial charge < -0.3 is 9.47 Å². The topological polar surface area (TPSA) is 64.6 Å². The van der Waals surface area contributed by atoms with E-state index in [2.05, 4.69) is 20.7 Å². The summed E-state index contributed by atoms with van der Waals surface area (Å²) >= 11 is 3.30. The van der Waals surface area contributed by atoms with Gasteiger partial charge in [-0.05, 0) is 30.3 Å². The van der Waals surface area contributed by atoms with Crippen molar-refractivity contribution >= 4 is 31.6 Å². The molecule has 0 aliphatic rings. The standard InChI is InChI=1S/C14H14BrNO4S/c1-19-12-6-7-13(20-2)14(9-12)21(17,18)16-11-5-3-4-10(15)8-11/h3-9,16H,1-2H3. The summed E-state index contributed by atoms with van der Waals surface area (Å²) < 4.78 is 38.5. The van der Waals surface area contributed by atoms with E-state index in [0.29, 0.717) is 11.4 Å². The molecule has 2 aromatic carbocycles. The fourth-order valence-electron chi connectivity index (χ4n) is 1.76. The molecule has 0 atom stereocenters. The molecule has 0 radical (unpaired) electrons. The van der Waals surface area contributed by atoms with Gasteiger partial charge in [0.15, 0.2) is 0 Å². The van der Waals surface area contributed by atoms with E-state index in [0.717, 1.165) is 4.47 Å². The van der Waals surface area contributed by atoms with Crippen molar-refractivity contribution in [1.82, 2.24) is 0 Å². The molecular formula is C14H14BrNO4S. The highest BCUT2D eigenvalue weighted by atomic mass is 79.9. The summed E-state index contributed by atoms with van der Waals surface area (Å²) in [4.78, 5) is 0.0179. The number of benzene rings is 2. The Balaban J connectivity index is 2.43. The van der Waals surface area contributed by atoms with Gasteiger partial charge in [-0.3, -0.25) is 4.72 Å². The fourth-order valence-corrected chi connectivity index (χ4v) is 3.39. The molecule has 0 heterocycles. The number of ether oxygens (including phenoxy) is 2. The molecule has 0 saturated heterocycles. The quantitative estimate of drug-likeness (QED) is 0.875. The first-order chi connectivity index (χ1) is 9.96. The Kier molecular flexibility index (Phi) is 4.74. The van der Waals surface area contributed by atoms with Gasteiger partial charge in [0.1, 0.15) is 16.4 Å². The number of halogens is 1. The fraction of sp³-hybridized carbons (Fsp3) is 0.143. The third kappa shape index (κ3) is 3.68. The van der Waals surface area contributed by atoms with Crippen LogP contribution in [0.1, 0.15) is 0 Å². The lowest BCUT2D eigenvalue weighted by atomic mass is 10.3. The van der Waals surface area contributed by atoms with Crippen molar-refractivity contribution in [3.63, 3.8) is 0 Å². The molecule has 2 aromatic rings. The molecular weight excluding hydrogens is 358 g/mol. The molecule has 5 nitrogen and oxygen atoms in total. The second kappa shape index (κ2) is 6.36. The highest BCUT2D eigenvalue weighted by molar-refractivity contribution is 9.10. The van der Waals surface area contributed by atoms with E-state index in [9.17, 15) is 8.42 Å². The zero-order chi connectivity index (χ0) is 15.5. The zero-order valence-corrected chi connectivity index (χ0v) is 13.9. The monoisotopic (exact) mass is 371 g/mol. The van der Waals surface area contributed by atoms with Gasteiger partial charge >= 0.3 is 0 Å². The largest absolute Gasteiger partial charge is 0.497 e. The van der Waals surface area contributed by atoms with Crippen LogP contribution in [0.25, 0.3) is 0 Å². The van der Waals surface area contributed by atoms with Gasteiger partial charge in [-0.2, -0.15) is 0 Å². The molecule has 7 heteroatoms. The van der Waals surface area contributed by atoms with Gasteiger partial charge in [0.25, 0.3) is 10.0 Å². The Labute approximate surface area is 132 Å². The van der Waals surface area contributed by atoms with Crippen LogP contribution in [0.3, 0.4) is 0 Å². The number of methoxy groups -OCH3 is 2. The number of rotatable bonds is 5. The van der Waals surface area contributed by atoms with Gasteiger partial charge in [0.05, 0.1) is 14.2 Å². The normalized spacial score (nSPS) is 11.0. The van der Waals surface area contributed by atoms with Crippen LogP contribution in [0.15, 0.2) is 51.8 Å². The first-order valence-corrected chi connectivity index (χ1v) is 8.24. The SMILES string of the molecule is COc1ccc(OC)c(S(=O)(=O)Nc2cccc(Br)c2)c1. The van der Waals surface area contributed by atoms with Crippen molar-refractivity contribution < 1.29 is 17.9 Å². The van der Waals surface area contributed by atoms with Crippen LogP contribution in [0.5, 0.6) is 11.5 Å². The highest BCUT2D eigenvalue weighted by Crippen LogP contribution is 2.30. The molecule has 1 N–H and O–H groups in total. The molecule has 112 valence electrons. The van der Waals surface area contributed by atoms with Crippen LogP contribution >= 0.6 is 15.9 Å². The van der Waals surface area contributed by atoms with E-state index in [1.807, 2.05) is 6.07 Å². The van der Waals surface area contributed by atoms with Crippen molar-refractivity contribution in [3.8, 4) is 11.5 Å². The number of hydrogen-bond donors (Lipinski definition) is 1. The predicted molar refractivity (Wildman–Crippen MR) is 84.5 cm³/mol. The maximum Gasteiger partial charge on any atom is 0.265 e. The molecule has 0 amide bonds. The van der Waals surface area contributed by atoms with Crippen LogP contribution in [0.2, 0.25) is 0 Å². The van der Waals surface area contributed by atoms with Crippen molar-refractivity contribution in [2.45, 2.75) is 4.90 Å². The van der Waals surface area contributed by atoms with Crippen molar-refractivity contribution in [3.05, 3.63) is 46.9 Å². The Morgan fingerprint density at radius 1 is 1.05 bits per heavy atom. The molecule has 21 heavy (non-hydrogen) atoms. The Bertz CT molecular complexity index is 746. The lowest BCUT2D eigenvalue weighted by Crippen LogP contribution is -2.14. The van der Waals surface area contributed by atoms with E-state index in [1.54, 1.807) is 30.3 Å². The molecule has 0 aliphatic heterocycles. The molecule has 0 unspecified atom stereocenters. The lowest BCUT2D eigenvalue weighted by molar-refractivity contribution is 0.392. The molecule has 0 saturated carbocycles. The summed E-state index contributed by atoms with van der Waals surface area (Å²) in [7, 11) is -0.893. The second-order valence-corrected chi connectivity index (χ2v) is 6.70. The Hall–Kier alpha value is -1.73. The predicted octanol–water partition coefficient (Wildman–Crippen LogP) is 3.27. The number of nitrogens with one attached hydrogen (secondary N) is 1. The van der Waals surface area contributed by atoms with Gasteiger partial charge in [-0.15, -0.1) is 0 Å². The summed E-state index contributed by atoms with van der Waals surface area (Å²) in [5.74, 6) is 0.684.